The topological polar surface area (TPSA) is 84.9 Å². The predicted octanol–water partition coefficient (Wildman–Crippen LogP) is 2.97. The number of benzene rings is 2. The van der Waals surface area contributed by atoms with Gasteiger partial charge in [0.25, 0.3) is 5.91 Å². The number of carbonyl (C=O) groups excluding carboxylic acids is 1. The normalized spacial score (nSPS) is 16.2. The Bertz CT molecular complexity index is 1010. The van der Waals surface area contributed by atoms with Gasteiger partial charge in [0.05, 0.1) is 24.6 Å². The number of amides is 1. The number of rotatable bonds is 6. The number of carbonyl (C=O) groups is 1. The molecule has 9 heteroatoms. The number of nitrogens with one attached hydrogen (secondary N) is 1. The van der Waals surface area contributed by atoms with Gasteiger partial charge in [0.15, 0.2) is 6.10 Å². The van der Waals surface area contributed by atoms with Crippen LogP contribution in [0.2, 0.25) is 5.02 Å². The molecule has 0 radical (unpaired) electrons. The summed E-state index contributed by atoms with van der Waals surface area (Å²) in [6.45, 7) is 4.01. The molecule has 0 aliphatic carbocycles. The van der Waals surface area contributed by atoms with E-state index >= 15 is 0 Å². The largest absolute Gasteiger partial charge is 0.491 e. The molecule has 0 saturated carbocycles. The smallest absolute Gasteiger partial charge is 0.263 e. The fraction of sp³-hybridized carbons (Fsp3) is 0.350. The monoisotopic (exact) mass is 438 g/mol. The maximum Gasteiger partial charge on any atom is 0.263 e. The second kappa shape index (κ2) is 8.51. The summed E-state index contributed by atoms with van der Waals surface area (Å²) >= 11 is 5.99. The molecule has 1 atom stereocenters. The van der Waals surface area contributed by atoms with Gasteiger partial charge < -0.3 is 14.8 Å². The molecule has 1 aliphatic rings. The first-order valence-electron chi connectivity index (χ1n) is 9.10. The number of fused-ring (bicyclic) bond motifs is 1. The Labute approximate surface area is 175 Å². The molecule has 1 amide bonds. The zero-order valence-electron chi connectivity index (χ0n) is 16.4. The molecule has 0 aromatic heterocycles. The maximum absolute atomic E-state index is 12.7. The third kappa shape index (κ3) is 5.33. The van der Waals surface area contributed by atoms with E-state index in [1.165, 1.54) is 6.07 Å². The molecule has 1 aliphatic heterocycles. The fourth-order valence-electron chi connectivity index (χ4n) is 2.98. The molecule has 0 spiro atoms. The molecular formula is C20H23ClN2O5S. The Morgan fingerprint density at radius 1 is 1.31 bits per heavy atom. The van der Waals surface area contributed by atoms with E-state index in [9.17, 15) is 13.2 Å². The standard InChI is InChI=1S/C20H23ClN2O5S/c1-13(2)27-16-6-4-5-14(9-16)11-22-20(24)19-12-23(29(3,25)26)17-10-15(21)7-8-18(17)28-19/h4-10,13,19H,11-12H2,1-3H3,(H,22,24)/t19-/m0/s1. The maximum atomic E-state index is 12.7. The summed E-state index contributed by atoms with van der Waals surface area (Å²) in [6.07, 6.45) is 0.151. The molecule has 1 N–H and O–H groups in total. The van der Waals surface area contributed by atoms with Gasteiger partial charge in [0.1, 0.15) is 11.5 Å². The molecule has 3 rings (SSSR count). The van der Waals surface area contributed by atoms with Crippen molar-refractivity contribution in [1.82, 2.24) is 5.32 Å². The van der Waals surface area contributed by atoms with Gasteiger partial charge in [-0.3, -0.25) is 9.10 Å². The van der Waals surface area contributed by atoms with Gasteiger partial charge in [-0.05, 0) is 49.7 Å². The number of hydrogen-bond donors (Lipinski definition) is 1. The summed E-state index contributed by atoms with van der Waals surface area (Å²) in [7, 11) is -3.61. The molecule has 2 aromatic rings. The van der Waals surface area contributed by atoms with Crippen LogP contribution in [-0.4, -0.2) is 39.3 Å². The SMILES string of the molecule is CC(C)Oc1cccc(CNC(=O)[C@@H]2CN(S(C)(=O)=O)c3cc(Cl)ccc3O2)c1. The Balaban J connectivity index is 1.72. The highest BCUT2D eigenvalue weighted by atomic mass is 35.5. The lowest BCUT2D eigenvalue weighted by Crippen LogP contribution is -2.50. The Kier molecular flexibility index (Phi) is 6.24. The molecule has 29 heavy (non-hydrogen) atoms. The first kappa shape index (κ1) is 21.3. The molecule has 2 aromatic carbocycles. The van der Waals surface area contributed by atoms with E-state index in [-0.39, 0.29) is 19.2 Å². The van der Waals surface area contributed by atoms with E-state index in [1.807, 2.05) is 38.1 Å². The van der Waals surface area contributed by atoms with E-state index < -0.39 is 22.0 Å². The molecule has 1 heterocycles. The van der Waals surface area contributed by atoms with Crippen LogP contribution in [0.25, 0.3) is 0 Å². The van der Waals surface area contributed by atoms with Gasteiger partial charge >= 0.3 is 0 Å². The molecule has 0 bridgehead atoms. The lowest BCUT2D eigenvalue weighted by molar-refractivity contribution is -0.127. The fourth-order valence-corrected chi connectivity index (χ4v) is 4.05. The first-order valence-corrected chi connectivity index (χ1v) is 11.3. The second-order valence-corrected chi connectivity index (χ2v) is 9.39. The van der Waals surface area contributed by atoms with Crippen LogP contribution < -0.4 is 19.1 Å². The lowest BCUT2D eigenvalue weighted by atomic mass is 10.2. The van der Waals surface area contributed by atoms with Crippen LogP contribution in [0.1, 0.15) is 19.4 Å². The Morgan fingerprint density at radius 2 is 2.07 bits per heavy atom. The van der Waals surface area contributed by atoms with Gasteiger partial charge in [-0.15, -0.1) is 0 Å². The van der Waals surface area contributed by atoms with Crippen molar-refractivity contribution in [3.63, 3.8) is 0 Å². The summed E-state index contributed by atoms with van der Waals surface area (Å²) in [4.78, 5) is 12.7. The van der Waals surface area contributed by atoms with Crippen LogP contribution in [-0.2, 0) is 21.4 Å². The third-order valence-corrected chi connectivity index (χ3v) is 5.60. The van der Waals surface area contributed by atoms with E-state index in [0.29, 0.717) is 16.5 Å². The van der Waals surface area contributed by atoms with Crippen molar-refractivity contribution in [2.45, 2.75) is 32.6 Å². The molecule has 0 saturated heterocycles. The summed E-state index contributed by atoms with van der Waals surface area (Å²) in [5, 5.41) is 3.18. The number of halogens is 1. The van der Waals surface area contributed by atoms with E-state index in [4.69, 9.17) is 21.1 Å². The molecule has 0 unspecified atom stereocenters. The molecular weight excluding hydrogens is 416 g/mol. The minimum absolute atomic E-state index is 0.0472. The minimum atomic E-state index is -3.61. The summed E-state index contributed by atoms with van der Waals surface area (Å²) in [5.74, 6) is 0.600. The van der Waals surface area contributed by atoms with Gasteiger partial charge in [0.2, 0.25) is 10.0 Å². The summed E-state index contributed by atoms with van der Waals surface area (Å²) in [6, 6.07) is 12.1. The van der Waals surface area contributed by atoms with Gasteiger partial charge in [-0.2, -0.15) is 0 Å². The van der Waals surface area contributed by atoms with E-state index in [1.54, 1.807) is 12.1 Å². The van der Waals surface area contributed by atoms with Gasteiger partial charge in [-0.25, -0.2) is 8.42 Å². The van der Waals surface area contributed by atoms with Crippen LogP contribution in [0.3, 0.4) is 0 Å². The number of sulfonamides is 1. The van der Waals surface area contributed by atoms with Crippen molar-refractivity contribution in [2.24, 2.45) is 0 Å². The highest BCUT2D eigenvalue weighted by Crippen LogP contribution is 2.37. The van der Waals surface area contributed by atoms with E-state index in [0.717, 1.165) is 21.9 Å². The van der Waals surface area contributed by atoms with Crippen LogP contribution in [0.5, 0.6) is 11.5 Å². The van der Waals surface area contributed by atoms with Crippen molar-refractivity contribution >= 4 is 33.2 Å². The van der Waals surface area contributed by atoms with Crippen LogP contribution in [0, 0.1) is 0 Å². The van der Waals surface area contributed by atoms with Gasteiger partial charge in [0, 0.05) is 11.6 Å². The average Bonchev–Trinajstić information content (AvgIpc) is 2.64. The molecule has 0 fully saturated rings. The van der Waals surface area contributed by atoms with Crippen LogP contribution >= 0.6 is 11.6 Å². The summed E-state index contributed by atoms with van der Waals surface area (Å²) < 4.78 is 37.0. The predicted molar refractivity (Wildman–Crippen MR) is 112 cm³/mol. The highest BCUT2D eigenvalue weighted by molar-refractivity contribution is 7.92. The zero-order valence-corrected chi connectivity index (χ0v) is 18.0. The van der Waals surface area contributed by atoms with Crippen molar-refractivity contribution < 1.29 is 22.7 Å². The third-order valence-electron chi connectivity index (χ3n) is 4.22. The minimum Gasteiger partial charge on any atom is -0.491 e. The second-order valence-electron chi connectivity index (χ2n) is 7.04. The number of nitrogens with zero attached hydrogens (tertiary/aromatic N) is 1. The molecule has 156 valence electrons. The highest BCUT2D eigenvalue weighted by Gasteiger charge is 2.35. The number of anilines is 1. The van der Waals surface area contributed by atoms with Crippen molar-refractivity contribution in [1.29, 1.82) is 0 Å². The Morgan fingerprint density at radius 3 is 2.76 bits per heavy atom. The van der Waals surface area contributed by atoms with Gasteiger partial charge in [-0.1, -0.05) is 23.7 Å². The Hall–Kier alpha value is -2.45. The lowest BCUT2D eigenvalue weighted by Gasteiger charge is -2.34. The summed E-state index contributed by atoms with van der Waals surface area (Å²) in [5.41, 5.74) is 1.18. The molecule has 7 nitrogen and oxygen atoms in total. The van der Waals surface area contributed by atoms with Crippen molar-refractivity contribution in [3.8, 4) is 11.5 Å². The zero-order chi connectivity index (χ0) is 21.2. The number of hydrogen-bond acceptors (Lipinski definition) is 5. The van der Waals surface area contributed by atoms with Crippen molar-refractivity contribution in [2.75, 3.05) is 17.1 Å². The van der Waals surface area contributed by atoms with Crippen LogP contribution in [0.4, 0.5) is 5.69 Å². The first-order chi connectivity index (χ1) is 13.6. The quantitative estimate of drug-likeness (QED) is 0.749. The van der Waals surface area contributed by atoms with Crippen molar-refractivity contribution in [3.05, 3.63) is 53.1 Å². The average molecular weight is 439 g/mol. The van der Waals surface area contributed by atoms with E-state index in [2.05, 4.69) is 5.32 Å². The van der Waals surface area contributed by atoms with Crippen LogP contribution in [0.15, 0.2) is 42.5 Å². The number of ether oxygens (including phenoxy) is 2.